The smallest absolute Gasteiger partial charge is 0.293 e. The highest BCUT2D eigenvalue weighted by molar-refractivity contribution is 9.10. The maximum Gasteiger partial charge on any atom is 0.293 e. The molecule has 3 aromatic rings. The van der Waals surface area contributed by atoms with Gasteiger partial charge in [0.15, 0.2) is 11.6 Å². The summed E-state index contributed by atoms with van der Waals surface area (Å²) in [4.78, 5) is 4.38. The van der Waals surface area contributed by atoms with Crippen molar-refractivity contribution in [3.8, 4) is 11.7 Å². The summed E-state index contributed by atoms with van der Waals surface area (Å²) in [5.41, 5.74) is 6.56. The van der Waals surface area contributed by atoms with Crippen molar-refractivity contribution in [2.24, 2.45) is 5.73 Å². The Morgan fingerprint density at radius 1 is 1.24 bits per heavy atom. The Kier molecular flexibility index (Phi) is 3.55. The highest BCUT2D eigenvalue weighted by Gasteiger charge is 2.39. The van der Waals surface area contributed by atoms with Crippen molar-refractivity contribution in [2.45, 2.75) is 24.8 Å². The van der Waals surface area contributed by atoms with Crippen LogP contribution in [0.5, 0.6) is 0 Å². The summed E-state index contributed by atoms with van der Waals surface area (Å²) in [5.74, 6) is 1.52. The average Bonchev–Trinajstić information content (AvgIpc) is 3.01. The van der Waals surface area contributed by atoms with Crippen molar-refractivity contribution in [2.75, 3.05) is 0 Å². The summed E-state index contributed by atoms with van der Waals surface area (Å²) in [7, 11) is 0. The van der Waals surface area contributed by atoms with Gasteiger partial charge in [-0.15, -0.1) is 12.4 Å². The number of halogens is 2. The van der Waals surface area contributed by atoms with Gasteiger partial charge < -0.3 is 14.7 Å². The lowest BCUT2D eigenvalue weighted by Gasteiger charge is -2.34. The van der Waals surface area contributed by atoms with Gasteiger partial charge in [0.05, 0.1) is 5.54 Å². The number of hydrogen-bond donors (Lipinski definition) is 1. The minimum atomic E-state index is -0.420. The lowest BCUT2D eigenvalue weighted by atomic mass is 9.77. The highest BCUT2D eigenvalue weighted by Crippen LogP contribution is 2.38. The molecule has 0 amide bonds. The van der Waals surface area contributed by atoms with Crippen LogP contribution in [-0.4, -0.2) is 10.1 Å². The molecule has 1 saturated carbocycles. The van der Waals surface area contributed by atoms with Gasteiger partial charge in [-0.3, -0.25) is 0 Å². The third-order valence-corrected chi connectivity index (χ3v) is 4.30. The van der Waals surface area contributed by atoms with Crippen LogP contribution in [0.2, 0.25) is 0 Å². The van der Waals surface area contributed by atoms with E-state index in [0.717, 1.165) is 34.7 Å². The average molecular weight is 371 g/mol. The number of fused-ring (bicyclic) bond motifs is 1. The molecular weight excluding hydrogens is 358 g/mol. The minimum absolute atomic E-state index is 0. The van der Waals surface area contributed by atoms with Crippen molar-refractivity contribution in [1.82, 2.24) is 10.1 Å². The molecule has 110 valence electrons. The first-order valence-electron chi connectivity index (χ1n) is 6.47. The summed E-state index contributed by atoms with van der Waals surface area (Å²) in [5, 5.41) is 4.98. The molecule has 0 atom stereocenters. The summed E-state index contributed by atoms with van der Waals surface area (Å²) >= 11 is 3.44. The number of nitrogens with two attached hydrogens (primary N) is 1. The van der Waals surface area contributed by atoms with Crippen LogP contribution in [0.4, 0.5) is 0 Å². The summed E-state index contributed by atoms with van der Waals surface area (Å²) in [6, 6.07) is 7.70. The zero-order chi connectivity index (χ0) is 13.7. The number of aromatic nitrogens is 2. The van der Waals surface area contributed by atoms with E-state index >= 15 is 0 Å². The lowest BCUT2D eigenvalue weighted by Crippen LogP contribution is -2.44. The van der Waals surface area contributed by atoms with Crippen LogP contribution in [0.15, 0.2) is 37.7 Å². The quantitative estimate of drug-likeness (QED) is 0.737. The second kappa shape index (κ2) is 5.12. The summed E-state index contributed by atoms with van der Waals surface area (Å²) in [6.45, 7) is 0. The molecule has 1 aromatic carbocycles. The second-order valence-corrected chi connectivity index (χ2v) is 6.14. The molecule has 0 radical (unpaired) electrons. The Morgan fingerprint density at radius 3 is 2.76 bits per heavy atom. The third-order valence-electron chi connectivity index (χ3n) is 3.81. The molecule has 21 heavy (non-hydrogen) atoms. The Hall–Kier alpha value is -1.37. The first-order valence-corrected chi connectivity index (χ1v) is 7.26. The predicted octanol–water partition coefficient (Wildman–Crippen LogP) is 4.01. The van der Waals surface area contributed by atoms with Crippen LogP contribution >= 0.6 is 28.3 Å². The van der Waals surface area contributed by atoms with E-state index in [-0.39, 0.29) is 12.4 Å². The van der Waals surface area contributed by atoms with Gasteiger partial charge in [-0.2, -0.15) is 4.98 Å². The molecule has 2 N–H and O–H groups in total. The van der Waals surface area contributed by atoms with E-state index in [1.165, 1.54) is 0 Å². The van der Waals surface area contributed by atoms with Crippen LogP contribution in [0.3, 0.4) is 0 Å². The van der Waals surface area contributed by atoms with E-state index in [4.69, 9.17) is 14.7 Å². The van der Waals surface area contributed by atoms with Crippen molar-refractivity contribution in [3.05, 3.63) is 34.6 Å². The van der Waals surface area contributed by atoms with Gasteiger partial charge in [-0.1, -0.05) is 21.1 Å². The normalized spacial score (nSPS) is 16.5. The fourth-order valence-corrected chi connectivity index (χ4v) is 2.81. The number of furan rings is 1. The summed E-state index contributed by atoms with van der Waals surface area (Å²) in [6.07, 6.45) is 2.91. The molecule has 0 saturated heterocycles. The summed E-state index contributed by atoms with van der Waals surface area (Å²) < 4.78 is 12.0. The molecule has 1 aliphatic carbocycles. The van der Waals surface area contributed by atoms with E-state index < -0.39 is 5.54 Å². The molecule has 0 spiro atoms. The number of nitrogens with zero attached hydrogens (tertiary/aromatic N) is 2. The van der Waals surface area contributed by atoms with Gasteiger partial charge in [0.1, 0.15) is 5.58 Å². The molecule has 0 aliphatic heterocycles. The van der Waals surface area contributed by atoms with Gasteiger partial charge in [0, 0.05) is 9.86 Å². The van der Waals surface area contributed by atoms with Gasteiger partial charge in [-0.05, 0) is 43.5 Å². The molecule has 2 heterocycles. The largest absolute Gasteiger partial charge is 0.451 e. The van der Waals surface area contributed by atoms with Crippen LogP contribution in [0.1, 0.15) is 25.1 Å². The van der Waals surface area contributed by atoms with E-state index in [1.54, 1.807) is 0 Å². The van der Waals surface area contributed by atoms with Gasteiger partial charge in [0.25, 0.3) is 5.89 Å². The molecule has 1 aliphatic rings. The predicted molar refractivity (Wildman–Crippen MR) is 84.2 cm³/mol. The number of rotatable bonds is 2. The first kappa shape index (κ1) is 14.6. The molecule has 7 heteroatoms. The fourth-order valence-electron chi connectivity index (χ4n) is 2.43. The lowest BCUT2D eigenvalue weighted by molar-refractivity contribution is 0.229. The maximum atomic E-state index is 6.19. The molecule has 0 bridgehead atoms. The SMILES string of the molecule is Cl.NC1(c2noc(-c3cc4cc(Br)ccc4o3)n2)CCC1. The first-order chi connectivity index (χ1) is 9.64. The number of hydrogen-bond acceptors (Lipinski definition) is 5. The molecule has 2 aromatic heterocycles. The van der Waals surface area contributed by atoms with Crippen molar-refractivity contribution in [3.63, 3.8) is 0 Å². The second-order valence-electron chi connectivity index (χ2n) is 5.23. The Balaban J connectivity index is 0.00000132. The highest BCUT2D eigenvalue weighted by atomic mass is 79.9. The fraction of sp³-hybridized carbons (Fsp3) is 0.286. The Bertz CT molecular complexity index is 794. The zero-order valence-corrected chi connectivity index (χ0v) is 13.4. The van der Waals surface area contributed by atoms with E-state index in [9.17, 15) is 0 Å². The third kappa shape index (κ3) is 2.37. The molecule has 0 unspecified atom stereocenters. The van der Waals surface area contributed by atoms with Crippen LogP contribution in [0, 0.1) is 0 Å². The molecule has 5 nitrogen and oxygen atoms in total. The Morgan fingerprint density at radius 2 is 2.05 bits per heavy atom. The molecular formula is C14H13BrClN3O2. The Labute approximate surface area is 135 Å². The molecule has 1 fully saturated rings. The van der Waals surface area contributed by atoms with Crippen LogP contribution in [0.25, 0.3) is 22.6 Å². The minimum Gasteiger partial charge on any atom is -0.451 e. The van der Waals surface area contributed by atoms with E-state index in [2.05, 4.69) is 26.1 Å². The van der Waals surface area contributed by atoms with Gasteiger partial charge in [-0.25, -0.2) is 0 Å². The van der Waals surface area contributed by atoms with Crippen LogP contribution < -0.4 is 5.73 Å². The number of benzene rings is 1. The maximum absolute atomic E-state index is 6.19. The monoisotopic (exact) mass is 369 g/mol. The van der Waals surface area contributed by atoms with Gasteiger partial charge in [0.2, 0.25) is 0 Å². The van der Waals surface area contributed by atoms with Gasteiger partial charge >= 0.3 is 0 Å². The molecule has 4 rings (SSSR count). The van der Waals surface area contributed by atoms with Crippen molar-refractivity contribution >= 4 is 39.3 Å². The van der Waals surface area contributed by atoms with Crippen molar-refractivity contribution in [1.29, 1.82) is 0 Å². The van der Waals surface area contributed by atoms with Crippen LogP contribution in [-0.2, 0) is 5.54 Å². The van der Waals surface area contributed by atoms with E-state index in [0.29, 0.717) is 17.5 Å². The standard InChI is InChI=1S/C14H12BrN3O2.ClH/c15-9-2-3-10-8(6-9)7-11(19-10)12-17-13(18-20-12)14(16)4-1-5-14;/h2-3,6-7H,1,4-5,16H2;1H. The topological polar surface area (TPSA) is 78.1 Å². The zero-order valence-electron chi connectivity index (χ0n) is 11.0. The van der Waals surface area contributed by atoms with E-state index in [1.807, 2.05) is 24.3 Å². The van der Waals surface area contributed by atoms with Crippen molar-refractivity contribution < 1.29 is 8.94 Å².